The number of aromatic hydroxyl groups is 1. The van der Waals surface area contributed by atoms with Crippen molar-refractivity contribution in [1.82, 2.24) is 0 Å². The molecule has 0 radical (unpaired) electrons. The normalized spacial score (nSPS) is 12.6. The van der Waals surface area contributed by atoms with Gasteiger partial charge in [0, 0.05) is 5.02 Å². The standard InChI is InChI=1S/C21H23ClO2/c1-4-14-24-20(16-6-5-7-19(23)15-16)12-13-21(2,3)17-8-10-18(22)11-9-17/h1,5-11,15,20,23H,12-14H2,2-3H3. The molecule has 2 aromatic carbocycles. The maximum Gasteiger partial charge on any atom is 0.115 e. The maximum atomic E-state index is 9.71. The Bertz CT molecular complexity index is 699. The molecule has 0 saturated carbocycles. The first-order valence-electron chi connectivity index (χ1n) is 8.02. The van der Waals surface area contributed by atoms with E-state index in [-0.39, 0.29) is 23.9 Å². The molecular formula is C21H23ClO2. The smallest absolute Gasteiger partial charge is 0.115 e. The number of rotatable bonds is 7. The molecule has 3 heteroatoms. The zero-order valence-electron chi connectivity index (χ0n) is 14.1. The van der Waals surface area contributed by atoms with Crippen LogP contribution >= 0.6 is 11.6 Å². The predicted octanol–water partition coefficient (Wildman–Crippen LogP) is 5.49. The van der Waals surface area contributed by atoms with E-state index in [4.69, 9.17) is 22.8 Å². The van der Waals surface area contributed by atoms with E-state index >= 15 is 0 Å². The quantitative estimate of drug-likeness (QED) is 0.674. The Labute approximate surface area is 149 Å². The third-order valence-electron chi connectivity index (χ3n) is 4.27. The molecule has 0 fully saturated rings. The van der Waals surface area contributed by atoms with Gasteiger partial charge in [0.25, 0.3) is 0 Å². The lowest BCUT2D eigenvalue weighted by Crippen LogP contribution is -2.19. The number of ether oxygens (including phenoxy) is 1. The summed E-state index contributed by atoms with van der Waals surface area (Å²) in [5.41, 5.74) is 2.16. The minimum atomic E-state index is -0.139. The molecule has 0 amide bonds. The summed E-state index contributed by atoms with van der Waals surface area (Å²) in [4.78, 5) is 0. The Morgan fingerprint density at radius 3 is 2.54 bits per heavy atom. The molecule has 0 aliphatic heterocycles. The van der Waals surface area contributed by atoms with Gasteiger partial charge < -0.3 is 9.84 Å². The minimum Gasteiger partial charge on any atom is -0.508 e. The highest BCUT2D eigenvalue weighted by Gasteiger charge is 2.23. The molecule has 2 nitrogen and oxygen atoms in total. The molecule has 1 atom stereocenters. The topological polar surface area (TPSA) is 29.5 Å². The van der Waals surface area contributed by atoms with E-state index in [9.17, 15) is 5.11 Å². The second-order valence-electron chi connectivity index (χ2n) is 6.53. The monoisotopic (exact) mass is 342 g/mol. The van der Waals surface area contributed by atoms with Crippen molar-refractivity contribution < 1.29 is 9.84 Å². The van der Waals surface area contributed by atoms with E-state index in [1.54, 1.807) is 12.1 Å². The number of phenolic OH excluding ortho intramolecular Hbond substituents is 1. The van der Waals surface area contributed by atoms with Gasteiger partial charge in [-0.1, -0.05) is 55.6 Å². The molecule has 0 heterocycles. The van der Waals surface area contributed by atoms with Gasteiger partial charge >= 0.3 is 0 Å². The van der Waals surface area contributed by atoms with Crippen LogP contribution in [-0.2, 0) is 10.2 Å². The number of halogens is 1. The molecule has 2 rings (SSSR count). The lowest BCUT2D eigenvalue weighted by atomic mass is 9.79. The number of terminal acetylenes is 1. The molecule has 24 heavy (non-hydrogen) atoms. The highest BCUT2D eigenvalue weighted by atomic mass is 35.5. The van der Waals surface area contributed by atoms with Gasteiger partial charge in [-0.25, -0.2) is 0 Å². The second-order valence-corrected chi connectivity index (χ2v) is 6.96. The zero-order valence-corrected chi connectivity index (χ0v) is 14.9. The van der Waals surface area contributed by atoms with Crippen LogP contribution in [0.5, 0.6) is 5.75 Å². The van der Waals surface area contributed by atoms with Crippen LogP contribution in [0.15, 0.2) is 48.5 Å². The fourth-order valence-corrected chi connectivity index (χ4v) is 2.88. The van der Waals surface area contributed by atoms with E-state index in [1.165, 1.54) is 5.56 Å². The first-order chi connectivity index (χ1) is 11.4. The van der Waals surface area contributed by atoms with E-state index in [1.807, 2.05) is 24.3 Å². The molecule has 1 unspecified atom stereocenters. The Morgan fingerprint density at radius 2 is 1.92 bits per heavy atom. The van der Waals surface area contributed by atoms with Crippen LogP contribution in [0.2, 0.25) is 5.02 Å². The van der Waals surface area contributed by atoms with Crippen molar-refractivity contribution in [3.05, 3.63) is 64.7 Å². The van der Waals surface area contributed by atoms with Crippen molar-refractivity contribution in [2.45, 2.75) is 38.2 Å². The third-order valence-corrected chi connectivity index (χ3v) is 4.52. The SMILES string of the molecule is C#CCOC(CCC(C)(C)c1ccc(Cl)cc1)c1cccc(O)c1. The average Bonchev–Trinajstić information content (AvgIpc) is 2.55. The first-order valence-corrected chi connectivity index (χ1v) is 8.40. The van der Waals surface area contributed by atoms with Gasteiger partial charge in [0.05, 0.1) is 6.10 Å². The summed E-state index contributed by atoms with van der Waals surface area (Å²) in [7, 11) is 0. The van der Waals surface area contributed by atoms with Crippen LogP contribution in [0.25, 0.3) is 0 Å². The van der Waals surface area contributed by atoms with Gasteiger partial charge in [0.15, 0.2) is 0 Å². The molecule has 0 spiro atoms. The fraction of sp³-hybridized carbons (Fsp3) is 0.333. The van der Waals surface area contributed by atoms with Crippen LogP contribution in [0.3, 0.4) is 0 Å². The lowest BCUT2D eigenvalue weighted by molar-refractivity contribution is 0.0648. The van der Waals surface area contributed by atoms with Crippen molar-refractivity contribution in [2.24, 2.45) is 0 Å². The molecule has 1 N–H and O–H groups in total. The van der Waals surface area contributed by atoms with E-state index in [0.29, 0.717) is 0 Å². The van der Waals surface area contributed by atoms with E-state index in [2.05, 4.69) is 31.9 Å². The molecule has 0 bridgehead atoms. The molecule has 126 valence electrons. The van der Waals surface area contributed by atoms with Gasteiger partial charge in [-0.3, -0.25) is 0 Å². The Hall–Kier alpha value is -1.95. The van der Waals surface area contributed by atoms with Crippen molar-refractivity contribution in [2.75, 3.05) is 6.61 Å². The zero-order chi connectivity index (χ0) is 17.6. The summed E-state index contributed by atoms with van der Waals surface area (Å²) in [6.45, 7) is 4.66. The van der Waals surface area contributed by atoms with Crippen molar-refractivity contribution in [1.29, 1.82) is 0 Å². The lowest BCUT2D eigenvalue weighted by Gasteiger charge is -2.28. The van der Waals surface area contributed by atoms with Crippen LogP contribution in [0, 0.1) is 12.3 Å². The molecule has 0 aromatic heterocycles. The van der Waals surface area contributed by atoms with E-state index < -0.39 is 0 Å². The molecule has 0 aliphatic carbocycles. The highest BCUT2D eigenvalue weighted by molar-refractivity contribution is 6.30. The highest BCUT2D eigenvalue weighted by Crippen LogP contribution is 2.34. The summed E-state index contributed by atoms with van der Waals surface area (Å²) in [6, 6.07) is 15.1. The summed E-state index contributed by atoms with van der Waals surface area (Å²) in [5.74, 6) is 2.75. The van der Waals surface area contributed by atoms with E-state index in [0.717, 1.165) is 23.4 Å². The van der Waals surface area contributed by atoms with Gasteiger partial charge in [-0.05, 0) is 53.6 Å². The molecule has 0 aliphatic rings. The minimum absolute atomic E-state index is 0.0147. The van der Waals surface area contributed by atoms with Crippen LogP contribution in [0.1, 0.15) is 43.9 Å². The molecule has 2 aromatic rings. The van der Waals surface area contributed by atoms with Gasteiger partial charge in [-0.15, -0.1) is 6.42 Å². The number of benzene rings is 2. The van der Waals surface area contributed by atoms with Crippen LogP contribution in [0.4, 0.5) is 0 Å². The summed E-state index contributed by atoms with van der Waals surface area (Å²) >= 11 is 5.98. The van der Waals surface area contributed by atoms with Crippen LogP contribution in [-0.4, -0.2) is 11.7 Å². The Balaban J connectivity index is 2.11. The van der Waals surface area contributed by atoms with Gasteiger partial charge in [0.2, 0.25) is 0 Å². The number of hydrogen-bond acceptors (Lipinski definition) is 2. The predicted molar refractivity (Wildman–Crippen MR) is 99.3 cm³/mol. The largest absolute Gasteiger partial charge is 0.508 e. The summed E-state index contributed by atoms with van der Waals surface area (Å²) in [5, 5.41) is 10.5. The van der Waals surface area contributed by atoms with Gasteiger partial charge in [-0.2, -0.15) is 0 Å². The second kappa shape index (κ2) is 8.24. The average molecular weight is 343 g/mol. The van der Waals surface area contributed by atoms with Gasteiger partial charge in [0.1, 0.15) is 12.4 Å². The summed E-state index contributed by atoms with van der Waals surface area (Å²) < 4.78 is 5.81. The van der Waals surface area contributed by atoms with Crippen molar-refractivity contribution >= 4 is 11.6 Å². The maximum absolute atomic E-state index is 9.71. The molecule has 0 saturated heterocycles. The third kappa shape index (κ3) is 5.03. The Morgan fingerprint density at radius 1 is 1.21 bits per heavy atom. The number of phenols is 1. The Kier molecular flexibility index (Phi) is 6.31. The fourth-order valence-electron chi connectivity index (χ4n) is 2.76. The van der Waals surface area contributed by atoms with Crippen LogP contribution < -0.4 is 0 Å². The number of hydrogen-bond donors (Lipinski definition) is 1. The summed E-state index contributed by atoms with van der Waals surface area (Å²) in [6.07, 6.45) is 6.92. The first kappa shape index (κ1) is 18.4. The molecular weight excluding hydrogens is 320 g/mol. The van der Waals surface area contributed by atoms with Crippen molar-refractivity contribution in [3.8, 4) is 18.1 Å². The van der Waals surface area contributed by atoms with Crippen molar-refractivity contribution in [3.63, 3.8) is 0 Å².